The molecule has 0 spiro atoms. The first-order valence-electron chi connectivity index (χ1n) is 5.96. The number of rotatable bonds is 4. The van der Waals surface area contributed by atoms with Crippen LogP contribution >= 0.6 is 39.1 Å². The molecule has 0 bridgehead atoms. The van der Waals surface area contributed by atoms with Gasteiger partial charge in [0.25, 0.3) is 0 Å². The quantitative estimate of drug-likeness (QED) is 0.742. The zero-order valence-electron chi connectivity index (χ0n) is 11.1. The van der Waals surface area contributed by atoms with Gasteiger partial charge in [-0.05, 0) is 42.0 Å². The SMILES string of the molecule is CN(Cc1cc(Cl)cc(Cl)c1)S(=O)(=O)c1cccc(Br)c1. The number of benzene rings is 2. The Morgan fingerprint density at radius 3 is 2.29 bits per heavy atom. The highest BCUT2D eigenvalue weighted by Crippen LogP contribution is 2.23. The molecule has 0 aliphatic rings. The Bertz CT molecular complexity index is 745. The Morgan fingerprint density at radius 1 is 1.10 bits per heavy atom. The van der Waals surface area contributed by atoms with Crippen molar-refractivity contribution in [2.75, 3.05) is 7.05 Å². The van der Waals surface area contributed by atoms with Gasteiger partial charge in [-0.3, -0.25) is 0 Å². The van der Waals surface area contributed by atoms with Gasteiger partial charge in [0.2, 0.25) is 10.0 Å². The highest BCUT2D eigenvalue weighted by atomic mass is 79.9. The number of nitrogens with zero attached hydrogens (tertiary/aromatic N) is 1. The lowest BCUT2D eigenvalue weighted by Crippen LogP contribution is -2.26. The molecule has 0 saturated heterocycles. The minimum absolute atomic E-state index is 0.190. The standard InChI is InChI=1S/C14H12BrCl2NO2S/c1-18(9-10-5-12(16)8-13(17)6-10)21(19,20)14-4-2-3-11(15)7-14/h2-8H,9H2,1H3. The number of hydrogen-bond acceptors (Lipinski definition) is 2. The normalized spacial score (nSPS) is 11.9. The molecule has 2 rings (SSSR count). The zero-order chi connectivity index (χ0) is 15.6. The van der Waals surface area contributed by atoms with Crippen LogP contribution in [-0.4, -0.2) is 19.8 Å². The van der Waals surface area contributed by atoms with Crippen molar-refractivity contribution in [2.45, 2.75) is 11.4 Å². The lowest BCUT2D eigenvalue weighted by Gasteiger charge is -2.17. The van der Waals surface area contributed by atoms with Gasteiger partial charge in [-0.15, -0.1) is 0 Å². The van der Waals surface area contributed by atoms with Crippen LogP contribution < -0.4 is 0 Å². The van der Waals surface area contributed by atoms with E-state index in [4.69, 9.17) is 23.2 Å². The van der Waals surface area contributed by atoms with Gasteiger partial charge in [-0.1, -0.05) is 45.2 Å². The van der Waals surface area contributed by atoms with E-state index in [2.05, 4.69) is 15.9 Å². The van der Waals surface area contributed by atoms with Crippen LogP contribution in [0.3, 0.4) is 0 Å². The molecule has 0 atom stereocenters. The van der Waals surface area contributed by atoms with E-state index < -0.39 is 10.0 Å². The molecule has 0 aromatic heterocycles. The van der Waals surface area contributed by atoms with Gasteiger partial charge in [0, 0.05) is 28.1 Å². The van der Waals surface area contributed by atoms with E-state index in [1.165, 1.54) is 11.4 Å². The Kier molecular flexibility index (Phi) is 5.33. The third kappa shape index (κ3) is 4.20. The molecule has 0 fully saturated rings. The molecule has 21 heavy (non-hydrogen) atoms. The molecule has 0 N–H and O–H groups in total. The summed E-state index contributed by atoms with van der Waals surface area (Å²) in [5.41, 5.74) is 0.730. The average molecular weight is 409 g/mol. The van der Waals surface area contributed by atoms with Gasteiger partial charge >= 0.3 is 0 Å². The summed E-state index contributed by atoms with van der Waals surface area (Å²) >= 11 is 15.1. The summed E-state index contributed by atoms with van der Waals surface area (Å²) in [4.78, 5) is 0.229. The summed E-state index contributed by atoms with van der Waals surface area (Å²) in [6.07, 6.45) is 0. The maximum absolute atomic E-state index is 12.5. The molecule has 0 heterocycles. The Hall–Kier alpha value is -0.590. The van der Waals surface area contributed by atoms with E-state index in [0.29, 0.717) is 14.5 Å². The third-order valence-corrected chi connectivity index (χ3v) is 5.56. The van der Waals surface area contributed by atoms with Gasteiger partial charge < -0.3 is 0 Å². The van der Waals surface area contributed by atoms with Crippen molar-refractivity contribution in [1.82, 2.24) is 4.31 Å². The van der Waals surface area contributed by atoms with Crippen LogP contribution in [-0.2, 0) is 16.6 Å². The number of hydrogen-bond donors (Lipinski definition) is 0. The van der Waals surface area contributed by atoms with Crippen molar-refractivity contribution in [3.63, 3.8) is 0 Å². The second kappa shape index (κ2) is 6.67. The second-order valence-electron chi connectivity index (χ2n) is 4.50. The first-order chi connectivity index (χ1) is 9.79. The van der Waals surface area contributed by atoms with E-state index in [0.717, 1.165) is 5.56 Å². The molecule has 0 saturated carbocycles. The van der Waals surface area contributed by atoms with E-state index in [1.54, 1.807) is 42.5 Å². The summed E-state index contributed by atoms with van der Waals surface area (Å²) in [7, 11) is -2.05. The predicted molar refractivity (Wildman–Crippen MR) is 89.3 cm³/mol. The smallest absolute Gasteiger partial charge is 0.207 e. The Labute approximate surface area is 142 Å². The average Bonchev–Trinajstić information content (AvgIpc) is 2.37. The van der Waals surface area contributed by atoms with Gasteiger partial charge in [0.05, 0.1) is 4.90 Å². The molecule has 2 aromatic rings. The largest absolute Gasteiger partial charge is 0.243 e. The molecule has 0 unspecified atom stereocenters. The fraction of sp³-hybridized carbons (Fsp3) is 0.143. The van der Waals surface area contributed by atoms with Crippen LogP contribution in [0, 0.1) is 0 Å². The molecule has 0 radical (unpaired) electrons. The first-order valence-corrected chi connectivity index (χ1v) is 8.95. The molecular weight excluding hydrogens is 397 g/mol. The van der Waals surface area contributed by atoms with Crippen molar-refractivity contribution in [3.05, 3.63) is 62.5 Å². The van der Waals surface area contributed by atoms with Crippen molar-refractivity contribution < 1.29 is 8.42 Å². The minimum Gasteiger partial charge on any atom is -0.207 e. The first kappa shape index (κ1) is 16.8. The van der Waals surface area contributed by atoms with Crippen LogP contribution in [0.1, 0.15) is 5.56 Å². The lowest BCUT2D eigenvalue weighted by atomic mass is 10.2. The van der Waals surface area contributed by atoms with E-state index in [-0.39, 0.29) is 11.4 Å². The van der Waals surface area contributed by atoms with Gasteiger partial charge in [-0.2, -0.15) is 4.31 Å². The van der Waals surface area contributed by atoms with E-state index in [9.17, 15) is 8.42 Å². The second-order valence-corrected chi connectivity index (χ2v) is 8.33. The Morgan fingerprint density at radius 2 is 1.71 bits per heavy atom. The zero-order valence-corrected chi connectivity index (χ0v) is 15.0. The molecule has 0 aliphatic heterocycles. The van der Waals surface area contributed by atoms with Crippen LogP contribution in [0.4, 0.5) is 0 Å². The monoisotopic (exact) mass is 407 g/mol. The summed E-state index contributed by atoms with van der Waals surface area (Å²) in [6.45, 7) is 0.190. The van der Waals surface area contributed by atoms with Gasteiger partial charge in [0.15, 0.2) is 0 Å². The third-order valence-electron chi connectivity index (χ3n) is 2.83. The fourth-order valence-electron chi connectivity index (χ4n) is 1.85. The molecule has 7 heteroatoms. The Balaban J connectivity index is 2.28. The summed E-state index contributed by atoms with van der Waals surface area (Å²) < 4.78 is 27.0. The minimum atomic E-state index is -3.57. The van der Waals surface area contributed by atoms with Crippen molar-refractivity contribution in [1.29, 1.82) is 0 Å². The predicted octanol–water partition coefficient (Wildman–Crippen LogP) is 4.58. The van der Waals surface area contributed by atoms with Gasteiger partial charge in [0.1, 0.15) is 0 Å². The summed E-state index contributed by atoms with van der Waals surface area (Å²) in [5.74, 6) is 0. The lowest BCUT2D eigenvalue weighted by molar-refractivity contribution is 0.466. The van der Waals surface area contributed by atoms with Crippen molar-refractivity contribution >= 4 is 49.2 Å². The molecule has 3 nitrogen and oxygen atoms in total. The van der Waals surface area contributed by atoms with E-state index in [1.807, 2.05) is 0 Å². The highest BCUT2D eigenvalue weighted by molar-refractivity contribution is 9.10. The topological polar surface area (TPSA) is 37.4 Å². The fourth-order valence-corrected chi connectivity index (χ4v) is 4.18. The van der Waals surface area contributed by atoms with Crippen molar-refractivity contribution in [2.24, 2.45) is 0 Å². The van der Waals surface area contributed by atoms with Gasteiger partial charge in [-0.25, -0.2) is 8.42 Å². The van der Waals surface area contributed by atoms with Crippen molar-refractivity contribution in [3.8, 4) is 0 Å². The van der Waals surface area contributed by atoms with Crippen LogP contribution in [0.15, 0.2) is 51.8 Å². The number of sulfonamides is 1. The highest BCUT2D eigenvalue weighted by Gasteiger charge is 2.21. The maximum atomic E-state index is 12.5. The van der Waals surface area contributed by atoms with Crippen LogP contribution in [0.5, 0.6) is 0 Å². The van der Waals surface area contributed by atoms with Crippen LogP contribution in [0.2, 0.25) is 10.0 Å². The van der Waals surface area contributed by atoms with Crippen LogP contribution in [0.25, 0.3) is 0 Å². The number of halogens is 3. The summed E-state index contributed by atoms with van der Waals surface area (Å²) in [5, 5.41) is 0.955. The molecule has 112 valence electrons. The summed E-state index contributed by atoms with van der Waals surface area (Å²) in [6, 6.07) is 11.6. The molecule has 0 amide bonds. The van der Waals surface area contributed by atoms with E-state index >= 15 is 0 Å². The molecule has 2 aromatic carbocycles. The maximum Gasteiger partial charge on any atom is 0.243 e. The molecular formula is C14H12BrCl2NO2S. The molecule has 0 aliphatic carbocycles.